The highest BCUT2D eigenvalue weighted by atomic mass is 32.1. The highest BCUT2D eigenvalue weighted by Gasteiger charge is 2.39. The van der Waals surface area contributed by atoms with Crippen molar-refractivity contribution in [2.45, 2.75) is 12.6 Å². The van der Waals surface area contributed by atoms with Crippen LogP contribution in [0.4, 0.5) is 15.3 Å². The number of nitrogens with one attached hydrogen (secondary N) is 1. The zero-order valence-electron chi connectivity index (χ0n) is 19.6. The number of nitrogens with two attached hydrogens (primary N) is 1. The number of methoxy groups -OCH3 is 1. The number of carbonyl (C=O) groups excluding carboxylic acids is 2. The summed E-state index contributed by atoms with van der Waals surface area (Å²) in [5.41, 5.74) is 8.30. The van der Waals surface area contributed by atoms with Gasteiger partial charge < -0.3 is 15.4 Å². The summed E-state index contributed by atoms with van der Waals surface area (Å²) in [7, 11) is 1.43. The van der Waals surface area contributed by atoms with Crippen molar-refractivity contribution >= 4 is 34.1 Å². The van der Waals surface area contributed by atoms with Crippen molar-refractivity contribution in [3.63, 3.8) is 0 Å². The Kier molecular flexibility index (Phi) is 6.53. The van der Waals surface area contributed by atoms with Crippen LogP contribution in [0.15, 0.2) is 66.3 Å². The van der Waals surface area contributed by atoms with Crippen LogP contribution in [-0.2, 0) is 11.3 Å². The number of amides is 2. The summed E-state index contributed by atoms with van der Waals surface area (Å²) in [6, 6.07) is 11.4. The van der Waals surface area contributed by atoms with E-state index in [1.807, 2.05) is 0 Å². The first-order valence-corrected chi connectivity index (χ1v) is 12.0. The number of aromatic nitrogens is 2. The van der Waals surface area contributed by atoms with Gasteiger partial charge in [-0.05, 0) is 48.0 Å². The number of fused-ring (bicyclic) bond motifs is 1. The second-order valence-corrected chi connectivity index (χ2v) is 9.04. The number of halogens is 1. The van der Waals surface area contributed by atoms with Gasteiger partial charge in [-0.3, -0.25) is 14.9 Å². The molecule has 37 heavy (non-hydrogen) atoms. The van der Waals surface area contributed by atoms with Gasteiger partial charge in [0.2, 0.25) is 0 Å². The normalized spacial score (nSPS) is 12.9. The molecule has 0 fully saturated rings. The van der Waals surface area contributed by atoms with Crippen molar-refractivity contribution in [1.29, 1.82) is 0 Å². The van der Waals surface area contributed by atoms with Gasteiger partial charge in [0.1, 0.15) is 23.4 Å². The number of nitrogens with zero attached hydrogens (tertiary/aromatic N) is 3. The lowest BCUT2D eigenvalue weighted by Crippen LogP contribution is -2.37. The summed E-state index contributed by atoms with van der Waals surface area (Å²) in [6.07, 6.45) is 3.12. The van der Waals surface area contributed by atoms with Crippen LogP contribution in [0.5, 0.6) is 5.75 Å². The molecule has 1 aliphatic heterocycles. The maximum atomic E-state index is 14.3. The molecule has 1 aliphatic rings. The Bertz CT molecular complexity index is 1540. The summed E-state index contributed by atoms with van der Waals surface area (Å²) < 4.78 is 19.7. The Morgan fingerprint density at radius 3 is 2.70 bits per heavy atom. The average Bonchev–Trinajstić information content (AvgIpc) is 3.52. The molecule has 0 bridgehead atoms. The molecule has 0 radical (unpaired) electrons. The van der Waals surface area contributed by atoms with Gasteiger partial charge in [0.25, 0.3) is 11.8 Å². The molecule has 4 aromatic rings. The number of benzene rings is 2. The first-order valence-electron chi connectivity index (χ1n) is 11.1. The third-order valence-corrected chi connectivity index (χ3v) is 6.48. The molecule has 0 saturated carbocycles. The van der Waals surface area contributed by atoms with E-state index in [1.54, 1.807) is 48.1 Å². The fourth-order valence-electron chi connectivity index (χ4n) is 4.06. The Morgan fingerprint density at radius 1 is 1.16 bits per heavy atom. The number of ether oxygens (including phenoxy) is 1. The molecule has 2 amide bonds. The molecule has 184 valence electrons. The smallest absolute Gasteiger partial charge is 0.255 e. The van der Waals surface area contributed by atoms with Crippen LogP contribution in [-0.4, -0.2) is 33.8 Å². The van der Waals surface area contributed by atoms with Gasteiger partial charge in [-0.15, -0.1) is 11.3 Å². The lowest BCUT2D eigenvalue weighted by atomic mass is 10.0. The van der Waals surface area contributed by atoms with E-state index < -0.39 is 17.8 Å². The topological polar surface area (TPSA) is 110 Å². The Balaban J connectivity index is 1.49. The number of nitrogen functional groups attached to an aromatic ring is 1. The first kappa shape index (κ1) is 24.0. The number of anilines is 2. The SMILES string of the molecule is COc1ccc(F)cc1[C@H](C(=O)Nc1nccs1)N1Cc2ccc(C#Cc3ccc(N)nc3)cc2C1=O. The van der Waals surface area contributed by atoms with Gasteiger partial charge >= 0.3 is 0 Å². The molecule has 0 aliphatic carbocycles. The minimum absolute atomic E-state index is 0.152. The Labute approximate surface area is 215 Å². The fourth-order valence-corrected chi connectivity index (χ4v) is 4.59. The minimum atomic E-state index is -1.16. The molecule has 2 aromatic heterocycles. The second-order valence-electron chi connectivity index (χ2n) is 8.14. The van der Waals surface area contributed by atoms with E-state index >= 15 is 0 Å². The Morgan fingerprint density at radius 2 is 1.97 bits per heavy atom. The molecule has 0 spiro atoms. The zero-order chi connectivity index (χ0) is 25.9. The third-order valence-electron chi connectivity index (χ3n) is 5.79. The maximum absolute atomic E-state index is 14.3. The first-order chi connectivity index (χ1) is 17.9. The molecular weight excluding hydrogens is 493 g/mol. The van der Waals surface area contributed by atoms with Gasteiger partial charge in [0.05, 0.1) is 7.11 Å². The van der Waals surface area contributed by atoms with E-state index in [-0.39, 0.29) is 23.8 Å². The molecule has 5 rings (SSSR count). The number of hydrogen-bond donors (Lipinski definition) is 2. The van der Waals surface area contributed by atoms with Crippen molar-refractivity contribution in [2.24, 2.45) is 0 Å². The van der Waals surface area contributed by atoms with Crippen LogP contribution in [0, 0.1) is 17.7 Å². The van der Waals surface area contributed by atoms with E-state index in [0.29, 0.717) is 27.6 Å². The lowest BCUT2D eigenvalue weighted by molar-refractivity contribution is -0.120. The van der Waals surface area contributed by atoms with Gasteiger partial charge in [-0.1, -0.05) is 17.9 Å². The van der Waals surface area contributed by atoms with E-state index in [0.717, 1.165) is 5.56 Å². The Hall–Kier alpha value is -4.75. The van der Waals surface area contributed by atoms with E-state index in [2.05, 4.69) is 27.1 Å². The standard InChI is InChI=1S/C27H20FN5O3S/c1-36-22-8-7-19(28)13-21(22)24(25(34)32-27-30-10-11-37-27)33-15-18-6-4-16(12-20(18)26(33)35)2-3-17-5-9-23(29)31-14-17/h4-14,24H,15H2,1H3,(H2,29,31)(H,30,32,34)/t24-/m1/s1. The number of carbonyl (C=O) groups is 2. The molecule has 0 saturated heterocycles. The number of rotatable bonds is 5. The van der Waals surface area contributed by atoms with Crippen LogP contribution in [0.1, 0.15) is 38.7 Å². The van der Waals surface area contributed by atoms with Gasteiger partial charge in [0, 0.05) is 46.6 Å². The van der Waals surface area contributed by atoms with Crippen molar-refractivity contribution in [3.8, 4) is 17.6 Å². The van der Waals surface area contributed by atoms with Crippen LogP contribution >= 0.6 is 11.3 Å². The van der Waals surface area contributed by atoms with Crippen LogP contribution in [0.25, 0.3) is 0 Å². The van der Waals surface area contributed by atoms with Crippen LogP contribution in [0.2, 0.25) is 0 Å². The van der Waals surface area contributed by atoms with Crippen molar-refractivity contribution in [2.75, 3.05) is 18.2 Å². The van der Waals surface area contributed by atoms with Gasteiger partial charge in [-0.25, -0.2) is 14.4 Å². The highest BCUT2D eigenvalue weighted by molar-refractivity contribution is 7.13. The quantitative estimate of drug-likeness (QED) is 0.390. The minimum Gasteiger partial charge on any atom is -0.496 e. The molecule has 10 heteroatoms. The molecule has 1 atom stereocenters. The van der Waals surface area contributed by atoms with Crippen molar-refractivity contribution in [3.05, 3.63) is 99.9 Å². The molecule has 2 aromatic carbocycles. The van der Waals surface area contributed by atoms with Crippen molar-refractivity contribution in [1.82, 2.24) is 14.9 Å². The predicted octanol–water partition coefficient (Wildman–Crippen LogP) is 4.00. The summed E-state index contributed by atoms with van der Waals surface area (Å²) in [6.45, 7) is 0.152. The molecule has 3 heterocycles. The molecule has 0 unspecified atom stereocenters. The maximum Gasteiger partial charge on any atom is 0.255 e. The summed E-state index contributed by atoms with van der Waals surface area (Å²) in [4.78, 5) is 36.6. The molecule has 3 N–H and O–H groups in total. The zero-order valence-corrected chi connectivity index (χ0v) is 20.4. The summed E-state index contributed by atoms with van der Waals surface area (Å²) in [5, 5.41) is 4.81. The average molecular weight is 514 g/mol. The lowest BCUT2D eigenvalue weighted by Gasteiger charge is -2.28. The summed E-state index contributed by atoms with van der Waals surface area (Å²) in [5.74, 6) is 5.25. The van der Waals surface area contributed by atoms with Crippen molar-refractivity contribution < 1.29 is 18.7 Å². The molecular formula is C27H20FN5O3S. The largest absolute Gasteiger partial charge is 0.496 e. The number of hydrogen-bond acceptors (Lipinski definition) is 7. The monoisotopic (exact) mass is 513 g/mol. The predicted molar refractivity (Wildman–Crippen MR) is 137 cm³/mol. The third kappa shape index (κ3) is 4.98. The van der Waals surface area contributed by atoms with E-state index in [9.17, 15) is 14.0 Å². The second kappa shape index (κ2) is 10.1. The number of pyridine rings is 1. The molecule has 8 nitrogen and oxygen atoms in total. The summed E-state index contributed by atoms with van der Waals surface area (Å²) >= 11 is 1.24. The van der Waals surface area contributed by atoms with Gasteiger partial charge in [-0.2, -0.15) is 0 Å². The van der Waals surface area contributed by atoms with E-state index in [4.69, 9.17) is 10.5 Å². The highest BCUT2D eigenvalue weighted by Crippen LogP contribution is 2.37. The fraction of sp³-hybridized carbons (Fsp3) is 0.111. The van der Waals surface area contributed by atoms with E-state index in [1.165, 1.54) is 41.5 Å². The number of thiazole rings is 1. The van der Waals surface area contributed by atoms with Crippen LogP contribution < -0.4 is 15.8 Å². The van der Waals surface area contributed by atoms with Crippen LogP contribution in [0.3, 0.4) is 0 Å². The van der Waals surface area contributed by atoms with Gasteiger partial charge in [0.15, 0.2) is 5.13 Å².